The largest absolute Gasteiger partial charge is 0.325 e. The third kappa shape index (κ3) is 0.954. The zero-order valence-corrected chi connectivity index (χ0v) is 6.77. The van der Waals surface area contributed by atoms with Gasteiger partial charge in [0.2, 0.25) is 0 Å². The second kappa shape index (κ2) is 1.98. The van der Waals surface area contributed by atoms with E-state index < -0.39 is 0 Å². The Labute approximate surface area is 67.4 Å². The molecule has 2 nitrogen and oxygen atoms in total. The fourth-order valence-electron chi connectivity index (χ4n) is 2.38. The first-order valence-electron chi connectivity index (χ1n) is 4.38. The number of nitrogens with zero attached hydrogens (tertiary/aromatic N) is 1. The fourth-order valence-corrected chi connectivity index (χ4v) is 2.38. The first-order chi connectivity index (χ1) is 5.18. The summed E-state index contributed by atoms with van der Waals surface area (Å²) in [7, 11) is 0. The van der Waals surface area contributed by atoms with E-state index in [-0.39, 0.29) is 11.0 Å². The summed E-state index contributed by atoms with van der Waals surface area (Å²) >= 11 is 0. The SMILES string of the molecule is N#CC12CCC(N)(CC1)CC2. The van der Waals surface area contributed by atoms with Crippen molar-refractivity contribution in [2.75, 3.05) is 0 Å². The van der Waals surface area contributed by atoms with Crippen LogP contribution in [0.15, 0.2) is 0 Å². The Morgan fingerprint density at radius 3 is 1.82 bits per heavy atom. The second-order valence-electron chi connectivity index (χ2n) is 4.25. The normalized spacial score (nSPS) is 48.7. The highest BCUT2D eigenvalue weighted by atomic mass is 14.8. The van der Waals surface area contributed by atoms with E-state index in [4.69, 9.17) is 11.0 Å². The molecule has 11 heavy (non-hydrogen) atoms. The Morgan fingerprint density at radius 1 is 1.00 bits per heavy atom. The summed E-state index contributed by atoms with van der Waals surface area (Å²) in [6.45, 7) is 0. The summed E-state index contributed by atoms with van der Waals surface area (Å²) in [5.74, 6) is 0. The van der Waals surface area contributed by atoms with Crippen LogP contribution < -0.4 is 5.73 Å². The molecule has 0 unspecified atom stereocenters. The van der Waals surface area contributed by atoms with Crippen molar-refractivity contribution in [3.63, 3.8) is 0 Å². The minimum Gasteiger partial charge on any atom is -0.325 e. The standard InChI is InChI=1S/C9H14N2/c10-7-8-1-4-9(11,5-2-8)6-3-8/h1-6,11H2. The Morgan fingerprint density at radius 2 is 1.45 bits per heavy atom. The average Bonchev–Trinajstić information content (AvgIpc) is 2.07. The van der Waals surface area contributed by atoms with Crippen molar-refractivity contribution in [2.24, 2.45) is 11.1 Å². The Bertz CT molecular complexity index is 190. The number of hydrogen-bond donors (Lipinski definition) is 1. The number of nitrogens with two attached hydrogens (primary N) is 1. The minimum atomic E-state index is 0.0289. The molecule has 2 heteroatoms. The summed E-state index contributed by atoms with van der Waals surface area (Å²) in [6.07, 6.45) is 6.34. The molecule has 0 aromatic carbocycles. The molecule has 0 aliphatic heterocycles. The molecule has 0 amide bonds. The molecule has 0 heterocycles. The third-order valence-electron chi connectivity index (χ3n) is 3.54. The molecule has 0 spiro atoms. The van der Waals surface area contributed by atoms with Gasteiger partial charge in [-0.1, -0.05) is 0 Å². The first kappa shape index (κ1) is 7.12. The summed E-state index contributed by atoms with van der Waals surface area (Å²) in [4.78, 5) is 0. The smallest absolute Gasteiger partial charge is 0.0689 e. The summed E-state index contributed by atoms with van der Waals surface area (Å²) in [5, 5.41) is 8.96. The van der Waals surface area contributed by atoms with Gasteiger partial charge in [0.05, 0.1) is 11.5 Å². The molecular formula is C9H14N2. The minimum absolute atomic E-state index is 0.0289. The summed E-state index contributed by atoms with van der Waals surface area (Å²) in [6, 6.07) is 2.47. The van der Waals surface area contributed by atoms with Crippen LogP contribution >= 0.6 is 0 Å². The van der Waals surface area contributed by atoms with Gasteiger partial charge in [0.25, 0.3) is 0 Å². The predicted octanol–water partition coefficient (Wildman–Crippen LogP) is 1.56. The molecule has 0 aromatic rings. The van der Waals surface area contributed by atoms with E-state index in [0.717, 1.165) is 38.5 Å². The lowest BCUT2D eigenvalue weighted by atomic mass is 9.58. The molecular weight excluding hydrogens is 136 g/mol. The van der Waals surface area contributed by atoms with Gasteiger partial charge in [-0.2, -0.15) is 5.26 Å². The van der Waals surface area contributed by atoms with Gasteiger partial charge in [0.1, 0.15) is 0 Å². The predicted molar refractivity (Wildman–Crippen MR) is 42.7 cm³/mol. The number of nitriles is 1. The summed E-state index contributed by atoms with van der Waals surface area (Å²) in [5.41, 5.74) is 6.24. The van der Waals surface area contributed by atoms with E-state index >= 15 is 0 Å². The van der Waals surface area contributed by atoms with Gasteiger partial charge >= 0.3 is 0 Å². The molecule has 0 aromatic heterocycles. The van der Waals surface area contributed by atoms with E-state index in [1.165, 1.54) is 0 Å². The van der Waals surface area contributed by atoms with Crippen LogP contribution in [0.25, 0.3) is 0 Å². The maximum atomic E-state index is 8.96. The third-order valence-corrected chi connectivity index (χ3v) is 3.54. The van der Waals surface area contributed by atoms with Gasteiger partial charge in [0, 0.05) is 5.54 Å². The van der Waals surface area contributed by atoms with Crippen LogP contribution in [0, 0.1) is 16.7 Å². The van der Waals surface area contributed by atoms with Gasteiger partial charge in [-0.15, -0.1) is 0 Å². The molecule has 3 fully saturated rings. The van der Waals surface area contributed by atoms with Crippen molar-refractivity contribution in [3.8, 4) is 6.07 Å². The lowest BCUT2D eigenvalue weighted by molar-refractivity contribution is 0.0903. The van der Waals surface area contributed by atoms with Crippen molar-refractivity contribution in [3.05, 3.63) is 0 Å². The molecule has 3 saturated carbocycles. The van der Waals surface area contributed by atoms with Crippen molar-refractivity contribution < 1.29 is 0 Å². The average molecular weight is 150 g/mol. The van der Waals surface area contributed by atoms with Crippen LogP contribution in [0.1, 0.15) is 38.5 Å². The highest BCUT2D eigenvalue weighted by Crippen LogP contribution is 2.50. The van der Waals surface area contributed by atoms with Crippen molar-refractivity contribution in [2.45, 2.75) is 44.1 Å². The Kier molecular flexibility index (Phi) is 1.28. The van der Waals surface area contributed by atoms with Gasteiger partial charge in [-0.25, -0.2) is 0 Å². The van der Waals surface area contributed by atoms with E-state index in [0.29, 0.717) is 0 Å². The Hall–Kier alpha value is -0.550. The highest BCUT2D eigenvalue weighted by molar-refractivity contribution is 5.11. The topological polar surface area (TPSA) is 49.8 Å². The van der Waals surface area contributed by atoms with Crippen molar-refractivity contribution >= 4 is 0 Å². The van der Waals surface area contributed by atoms with E-state index in [2.05, 4.69) is 6.07 Å². The fraction of sp³-hybridized carbons (Fsp3) is 0.889. The van der Waals surface area contributed by atoms with Gasteiger partial charge in [0.15, 0.2) is 0 Å². The van der Waals surface area contributed by atoms with E-state index in [9.17, 15) is 0 Å². The lowest BCUT2D eigenvalue weighted by Gasteiger charge is -2.48. The molecule has 0 atom stereocenters. The van der Waals surface area contributed by atoms with Gasteiger partial charge in [-0.05, 0) is 38.5 Å². The lowest BCUT2D eigenvalue weighted by Crippen LogP contribution is -2.51. The first-order valence-corrected chi connectivity index (χ1v) is 4.38. The van der Waals surface area contributed by atoms with Crippen molar-refractivity contribution in [1.29, 1.82) is 5.26 Å². The van der Waals surface area contributed by atoms with Crippen LogP contribution in [0.2, 0.25) is 0 Å². The maximum absolute atomic E-state index is 8.96. The second-order valence-corrected chi connectivity index (χ2v) is 4.25. The van der Waals surface area contributed by atoms with Crippen LogP contribution in [-0.4, -0.2) is 5.54 Å². The molecule has 3 aliphatic rings. The zero-order chi connectivity index (χ0) is 7.95. The molecule has 2 bridgehead atoms. The van der Waals surface area contributed by atoms with Gasteiger partial charge in [-0.3, -0.25) is 0 Å². The molecule has 0 radical (unpaired) electrons. The van der Waals surface area contributed by atoms with Crippen LogP contribution in [-0.2, 0) is 0 Å². The molecule has 3 aliphatic carbocycles. The monoisotopic (exact) mass is 150 g/mol. The van der Waals surface area contributed by atoms with Crippen LogP contribution in [0.5, 0.6) is 0 Å². The molecule has 60 valence electrons. The van der Waals surface area contributed by atoms with Crippen LogP contribution in [0.3, 0.4) is 0 Å². The quantitative estimate of drug-likeness (QED) is 0.569. The summed E-state index contributed by atoms with van der Waals surface area (Å²) < 4.78 is 0. The van der Waals surface area contributed by atoms with E-state index in [1.807, 2.05) is 0 Å². The zero-order valence-electron chi connectivity index (χ0n) is 6.77. The van der Waals surface area contributed by atoms with Gasteiger partial charge < -0.3 is 5.73 Å². The number of rotatable bonds is 0. The number of hydrogen-bond acceptors (Lipinski definition) is 2. The molecule has 3 rings (SSSR count). The Balaban J connectivity index is 2.20. The van der Waals surface area contributed by atoms with Crippen molar-refractivity contribution in [1.82, 2.24) is 0 Å². The highest BCUT2D eigenvalue weighted by Gasteiger charge is 2.46. The molecule has 0 saturated heterocycles. The maximum Gasteiger partial charge on any atom is 0.0689 e. The van der Waals surface area contributed by atoms with E-state index in [1.54, 1.807) is 0 Å². The number of fused-ring (bicyclic) bond motifs is 3. The van der Waals surface area contributed by atoms with Crippen LogP contribution in [0.4, 0.5) is 0 Å². The molecule has 2 N–H and O–H groups in total.